The third-order valence-corrected chi connectivity index (χ3v) is 11.2. The number of carbonyl (C=O) groups is 2. The number of ether oxygens (including phenoxy) is 1. The number of piperazine rings is 1. The summed E-state index contributed by atoms with van der Waals surface area (Å²) in [5.74, 6) is -8.85. The van der Waals surface area contributed by atoms with Crippen LogP contribution < -0.4 is 8.86 Å². The number of amides is 1. The van der Waals surface area contributed by atoms with Gasteiger partial charge in [-0.15, -0.1) is 0 Å². The van der Waals surface area contributed by atoms with Crippen molar-refractivity contribution in [2.24, 2.45) is 0 Å². The summed E-state index contributed by atoms with van der Waals surface area (Å²) < 4.78 is 196. The average Bonchev–Trinajstić information content (AvgIpc) is 2.91. The molecule has 0 aromatic heterocycles. The monoisotopic (exact) mass is 727 g/mol. The second kappa shape index (κ2) is 13.0. The van der Waals surface area contributed by atoms with E-state index in [4.69, 9.17) is 4.74 Å². The first-order chi connectivity index (χ1) is 20.2. The van der Waals surface area contributed by atoms with Crippen LogP contribution in [0.15, 0.2) is 30.8 Å². The topological polar surface area (TPSA) is 164 Å². The van der Waals surface area contributed by atoms with E-state index in [1.807, 2.05) is 0 Å². The molecule has 0 saturated carbocycles. The van der Waals surface area contributed by atoms with Crippen molar-refractivity contribution >= 4 is 48.0 Å². The molecule has 1 saturated heterocycles. The van der Waals surface area contributed by atoms with Gasteiger partial charge in [0.2, 0.25) is 5.91 Å². The van der Waals surface area contributed by atoms with Crippen LogP contribution in [0.2, 0.25) is 0 Å². The molecule has 1 N–H and O–H groups in total. The molecule has 24 heteroatoms. The van der Waals surface area contributed by atoms with Gasteiger partial charge in [0.1, 0.15) is 5.75 Å². The Hall–Kier alpha value is -2.96. The van der Waals surface area contributed by atoms with Crippen LogP contribution >= 0.6 is 0 Å². The molecule has 0 bridgehead atoms. The molecule has 1 aromatic rings. The van der Waals surface area contributed by atoms with Gasteiger partial charge >= 0.3 is 37.9 Å². The number of nitrogens with one attached hydrogen (secondary N) is 1. The van der Waals surface area contributed by atoms with Gasteiger partial charge in [-0.1, -0.05) is 28.9 Å². The van der Waals surface area contributed by atoms with Crippen molar-refractivity contribution in [3.63, 3.8) is 0 Å². The number of hydrogen-bond acceptors (Lipinski definition) is 9. The second-order valence-electron chi connectivity index (χ2n) is 9.03. The summed E-state index contributed by atoms with van der Waals surface area (Å²) in [5, 5.41) is -14.5. The van der Waals surface area contributed by atoms with Crippen molar-refractivity contribution in [3.8, 4) is 5.75 Å². The minimum absolute atomic E-state index is 0.104. The van der Waals surface area contributed by atoms with E-state index in [0.29, 0.717) is 0 Å². The van der Waals surface area contributed by atoms with Crippen molar-refractivity contribution in [1.29, 1.82) is 0 Å². The van der Waals surface area contributed by atoms with Crippen LogP contribution in [0.3, 0.4) is 0 Å². The fraction of sp³-hybridized carbons (Fsp3) is 0.524. The predicted molar refractivity (Wildman–Crippen MR) is 135 cm³/mol. The van der Waals surface area contributed by atoms with E-state index in [-0.39, 0.29) is 25.0 Å². The van der Waals surface area contributed by atoms with E-state index >= 15 is 0 Å². The highest BCUT2D eigenvalue weighted by atomic mass is 32.3. The Morgan fingerprint density at radius 2 is 1.31 bits per heavy atom. The minimum atomic E-state index is -7.88. The van der Waals surface area contributed by atoms with Crippen LogP contribution in [-0.2, 0) is 39.7 Å². The highest BCUT2D eigenvalue weighted by Crippen LogP contribution is 2.51. The zero-order chi connectivity index (χ0) is 34.9. The Balaban J connectivity index is 2.05. The summed E-state index contributed by atoms with van der Waals surface area (Å²) >= 11 is 0. The average molecular weight is 728 g/mol. The third kappa shape index (κ3) is 7.72. The van der Waals surface area contributed by atoms with Crippen molar-refractivity contribution < 1.29 is 79.1 Å². The normalized spacial score (nSPS) is 16.3. The first-order valence-corrected chi connectivity index (χ1v) is 16.3. The lowest BCUT2D eigenvalue weighted by atomic mass is 10.2. The zero-order valence-corrected chi connectivity index (χ0v) is 24.7. The molecule has 0 aliphatic carbocycles. The summed E-state index contributed by atoms with van der Waals surface area (Å²) in [6.45, 7) is -0.390. The number of nitrogens with zero attached hydrogens (tertiary/aromatic N) is 2. The van der Waals surface area contributed by atoms with E-state index in [0.717, 1.165) is 10.5 Å². The highest BCUT2D eigenvalue weighted by molar-refractivity contribution is 8.05. The maximum Gasteiger partial charge on any atom is 0.512 e. The molecule has 0 atom stereocenters. The number of hydrogen-bond donors (Lipinski definition) is 1. The van der Waals surface area contributed by atoms with Crippen LogP contribution in [0.5, 0.6) is 5.75 Å². The first kappa shape index (κ1) is 38.2. The Morgan fingerprint density at radius 3 is 1.78 bits per heavy atom. The van der Waals surface area contributed by atoms with Crippen molar-refractivity contribution in [2.45, 2.75) is 41.2 Å². The molecular formula is C21H22F9N3O9S3. The van der Waals surface area contributed by atoms with Gasteiger partial charge in [-0.2, -0.15) is 43.8 Å². The fourth-order valence-electron chi connectivity index (χ4n) is 3.48. The molecule has 1 aliphatic rings. The molecule has 1 amide bonds. The van der Waals surface area contributed by atoms with Crippen LogP contribution in [-0.4, -0.2) is 94.5 Å². The van der Waals surface area contributed by atoms with E-state index in [1.54, 1.807) is 18.2 Å². The van der Waals surface area contributed by atoms with Gasteiger partial charge in [-0.3, -0.25) is 9.59 Å². The highest BCUT2D eigenvalue weighted by Gasteiger charge is 2.83. The lowest BCUT2D eigenvalue weighted by Crippen LogP contribution is -2.66. The Kier molecular flexibility index (Phi) is 11.1. The number of rotatable bonds is 13. The first-order valence-electron chi connectivity index (χ1n) is 11.9. The smallest absolute Gasteiger partial charge is 0.427 e. The molecule has 0 unspecified atom stereocenters. The molecule has 1 aromatic carbocycles. The lowest BCUT2D eigenvalue weighted by molar-refractivity contribution is -0.245. The summed E-state index contributed by atoms with van der Waals surface area (Å²) in [6, 6.07) is 6.16. The van der Waals surface area contributed by atoms with Crippen LogP contribution in [0.4, 0.5) is 39.5 Å². The second-order valence-corrected chi connectivity index (χ2v) is 14.7. The fourth-order valence-corrected chi connectivity index (χ4v) is 7.38. The van der Waals surface area contributed by atoms with Crippen LogP contribution in [0.1, 0.15) is 24.8 Å². The number of alkyl halides is 9. The predicted octanol–water partition coefficient (Wildman–Crippen LogP) is 2.47. The molecule has 0 radical (unpaired) electrons. The maximum atomic E-state index is 14.5. The molecule has 0 spiro atoms. The molecular weight excluding hydrogens is 705 g/mol. The van der Waals surface area contributed by atoms with E-state index in [2.05, 4.69) is 6.58 Å². The molecule has 12 nitrogen and oxygen atoms in total. The summed E-state index contributed by atoms with van der Waals surface area (Å²) in [4.78, 5) is 25.2. The SMILES string of the molecule is C=Cc1ccc(OC(=O)CCCC(=O)N2CCN(S(=O)(=O)C(F)(F)C(F)(F)C(F)(F)S(=O)(=O)NS(=O)(=O)C(F)(F)F)CC2)cc1. The molecule has 1 aliphatic heterocycles. The third-order valence-electron chi connectivity index (χ3n) is 5.97. The molecule has 1 fully saturated rings. The number of carbonyl (C=O) groups excluding carboxylic acids is 2. The van der Waals surface area contributed by atoms with E-state index in [9.17, 15) is 74.4 Å². The number of sulfonamides is 3. The van der Waals surface area contributed by atoms with Crippen LogP contribution in [0, 0.1) is 0 Å². The van der Waals surface area contributed by atoms with Crippen molar-refractivity contribution in [2.75, 3.05) is 26.2 Å². The van der Waals surface area contributed by atoms with E-state index in [1.165, 1.54) is 12.1 Å². The van der Waals surface area contributed by atoms with Gasteiger partial charge in [0, 0.05) is 39.0 Å². The Morgan fingerprint density at radius 1 is 0.800 bits per heavy atom. The minimum Gasteiger partial charge on any atom is -0.427 e. The molecule has 1 heterocycles. The summed E-state index contributed by atoms with van der Waals surface area (Å²) in [6.07, 6.45) is 0.801. The zero-order valence-electron chi connectivity index (χ0n) is 22.2. The van der Waals surface area contributed by atoms with Gasteiger partial charge in [0.25, 0.3) is 20.0 Å². The molecule has 256 valence electrons. The van der Waals surface area contributed by atoms with Crippen molar-refractivity contribution in [3.05, 3.63) is 36.4 Å². The van der Waals surface area contributed by atoms with Gasteiger partial charge < -0.3 is 9.64 Å². The van der Waals surface area contributed by atoms with Crippen molar-refractivity contribution in [1.82, 2.24) is 13.3 Å². The van der Waals surface area contributed by atoms with Gasteiger partial charge in [-0.05, 0) is 24.1 Å². The molecule has 2 rings (SSSR count). The number of benzene rings is 1. The summed E-state index contributed by atoms with van der Waals surface area (Å²) in [7, 11) is -22.2. The van der Waals surface area contributed by atoms with Gasteiger partial charge in [-0.25, -0.2) is 25.3 Å². The number of esters is 1. The maximum absolute atomic E-state index is 14.5. The van der Waals surface area contributed by atoms with Crippen LogP contribution in [0.25, 0.3) is 6.08 Å². The Bertz CT molecular complexity index is 1610. The standard InChI is InChI=1S/C21H22F9N3O9S3/c1-2-14-6-8-15(9-7-14)42-17(35)5-3-4-16(34)32-10-12-33(13-11-32)45(40,41)20(26,27)18(22,23)19(24,25)43(36,37)31-44(38,39)21(28,29)30/h2,6-9,31H,1,3-5,10-13H2. The van der Waals surface area contributed by atoms with Gasteiger partial charge in [0.15, 0.2) is 0 Å². The largest absolute Gasteiger partial charge is 0.512 e. The van der Waals surface area contributed by atoms with E-state index < -0.39 is 98.5 Å². The quantitative estimate of drug-likeness (QED) is 0.183. The Labute approximate surface area is 249 Å². The number of halogens is 9. The summed E-state index contributed by atoms with van der Waals surface area (Å²) in [5.41, 5.74) is -5.94. The molecule has 45 heavy (non-hydrogen) atoms. The lowest BCUT2D eigenvalue weighted by Gasteiger charge is -2.38. The van der Waals surface area contributed by atoms with Gasteiger partial charge in [0.05, 0.1) is 0 Å².